The van der Waals surface area contributed by atoms with E-state index in [1.807, 2.05) is 6.07 Å². The van der Waals surface area contributed by atoms with Gasteiger partial charge in [-0.25, -0.2) is 0 Å². The number of ether oxygens (including phenoxy) is 1. The normalized spacial score (nSPS) is 17.9. The molecule has 0 aromatic heterocycles. The Kier molecular flexibility index (Phi) is 5.29. The summed E-state index contributed by atoms with van der Waals surface area (Å²) in [6.45, 7) is 0. The van der Waals surface area contributed by atoms with Gasteiger partial charge in [-0.05, 0) is 29.8 Å². The average molecular weight is 420 g/mol. The van der Waals surface area contributed by atoms with E-state index in [0.717, 1.165) is 0 Å². The molecule has 3 aromatic rings. The molecule has 1 atom stereocenters. The van der Waals surface area contributed by atoms with E-state index in [0.29, 0.717) is 27.6 Å². The maximum absolute atomic E-state index is 13.1. The average Bonchev–Trinajstić information content (AvgIpc) is 3.05. The van der Waals surface area contributed by atoms with Crippen LogP contribution >= 0.6 is 11.6 Å². The van der Waals surface area contributed by atoms with E-state index in [9.17, 15) is 14.7 Å². The number of carbonyl (C=O) groups excluding carboxylic acids is 2. The minimum atomic E-state index is -0.811. The van der Waals surface area contributed by atoms with Gasteiger partial charge in [-0.1, -0.05) is 60.1 Å². The fourth-order valence-corrected chi connectivity index (χ4v) is 3.70. The second kappa shape index (κ2) is 8.05. The van der Waals surface area contributed by atoms with Crippen LogP contribution in [-0.4, -0.2) is 23.9 Å². The number of hydrogen-bond acceptors (Lipinski definition) is 4. The maximum Gasteiger partial charge on any atom is 0.300 e. The van der Waals surface area contributed by atoms with Crippen LogP contribution in [0.4, 0.5) is 5.69 Å². The molecule has 5 nitrogen and oxygen atoms in total. The molecule has 0 radical (unpaired) electrons. The molecular weight excluding hydrogens is 402 g/mol. The standard InChI is InChI=1S/C24H18ClNO4/c1-30-19-9-5-8-18(14-19)26-21(15-10-12-17(25)13-11-15)20(23(28)24(26)29)22(27)16-6-3-2-4-7-16/h2-14,21,27H,1H3/b22-20+/t21-/m0/s1. The summed E-state index contributed by atoms with van der Waals surface area (Å²) in [5, 5.41) is 11.5. The second-order valence-electron chi connectivity index (χ2n) is 6.79. The molecule has 0 unspecified atom stereocenters. The third-order valence-corrected chi connectivity index (χ3v) is 5.26. The van der Waals surface area contributed by atoms with Gasteiger partial charge < -0.3 is 9.84 Å². The van der Waals surface area contributed by atoms with Crippen molar-refractivity contribution in [1.82, 2.24) is 0 Å². The van der Waals surface area contributed by atoms with Crippen LogP contribution in [0.2, 0.25) is 5.02 Å². The molecule has 0 spiro atoms. The summed E-state index contributed by atoms with van der Waals surface area (Å²) < 4.78 is 5.28. The fourth-order valence-electron chi connectivity index (χ4n) is 3.57. The van der Waals surface area contributed by atoms with Gasteiger partial charge in [0.25, 0.3) is 11.7 Å². The van der Waals surface area contributed by atoms with E-state index in [4.69, 9.17) is 16.3 Å². The highest BCUT2D eigenvalue weighted by atomic mass is 35.5. The number of Topliss-reactive ketones (excluding diaryl/α,β-unsaturated/α-hetero) is 1. The van der Waals surface area contributed by atoms with Crippen molar-refractivity contribution in [2.75, 3.05) is 12.0 Å². The predicted molar refractivity (Wildman–Crippen MR) is 116 cm³/mol. The third-order valence-electron chi connectivity index (χ3n) is 5.01. The Labute approximate surface area is 178 Å². The Bertz CT molecular complexity index is 1140. The molecule has 0 bridgehead atoms. The zero-order valence-electron chi connectivity index (χ0n) is 16.1. The Morgan fingerprint density at radius 1 is 0.967 bits per heavy atom. The molecule has 1 saturated heterocycles. The fraction of sp³-hybridized carbons (Fsp3) is 0.0833. The number of carbonyl (C=O) groups is 2. The highest BCUT2D eigenvalue weighted by Crippen LogP contribution is 2.42. The summed E-state index contributed by atoms with van der Waals surface area (Å²) in [5.41, 5.74) is 1.62. The van der Waals surface area contributed by atoms with Crippen molar-refractivity contribution in [1.29, 1.82) is 0 Å². The zero-order chi connectivity index (χ0) is 21.3. The third kappa shape index (κ3) is 3.44. The molecule has 150 valence electrons. The van der Waals surface area contributed by atoms with Crippen molar-refractivity contribution in [2.24, 2.45) is 0 Å². The topological polar surface area (TPSA) is 66.8 Å². The van der Waals surface area contributed by atoms with Crippen LogP contribution in [0.25, 0.3) is 5.76 Å². The largest absolute Gasteiger partial charge is 0.507 e. The predicted octanol–water partition coefficient (Wildman–Crippen LogP) is 4.97. The van der Waals surface area contributed by atoms with E-state index < -0.39 is 17.7 Å². The van der Waals surface area contributed by atoms with Crippen molar-refractivity contribution >= 4 is 34.7 Å². The van der Waals surface area contributed by atoms with Gasteiger partial charge in [0, 0.05) is 22.3 Å². The second-order valence-corrected chi connectivity index (χ2v) is 7.22. The highest BCUT2D eigenvalue weighted by Gasteiger charge is 2.47. The number of rotatable bonds is 4. The molecule has 0 aliphatic carbocycles. The van der Waals surface area contributed by atoms with Gasteiger partial charge >= 0.3 is 0 Å². The molecule has 1 aliphatic heterocycles. The quantitative estimate of drug-likeness (QED) is 0.368. The van der Waals surface area contributed by atoms with Crippen LogP contribution in [0.1, 0.15) is 17.2 Å². The number of ketones is 1. The van der Waals surface area contributed by atoms with E-state index in [2.05, 4.69) is 0 Å². The van der Waals surface area contributed by atoms with Crippen molar-refractivity contribution in [3.05, 3.63) is 101 Å². The summed E-state index contributed by atoms with van der Waals surface area (Å²) in [7, 11) is 1.53. The first-order valence-electron chi connectivity index (χ1n) is 9.27. The first-order chi connectivity index (χ1) is 14.5. The van der Waals surface area contributed by atoms with Gasteiger partial charge in [0.1, 0.15) is 11.5 Å². The number of nitrogens with zero attached hydrogens (tertiary/aromatic N) is 1. The Morgan fingerprint density at radius 2 is 1.67 bits per heavy atom. The molecule has 1 N–H and O–H groups in total. The molecule has 1 heterocycles. The summed E-state index contributed by atoms with van der Waals surface area (Å²) in [5.74, 6) is -1.15. The van der Waals surface area contributed by atoms with Gasteiger partial charge in [0.2, 0.25) is 0 Å². The molecule has 1 aliphatic rings. The van der Waals surface area contributed by atoms with Crippen molar-refractivity contribution < 1.29 is 19.4 Å². The number of halogens is 1. The zero-order valence-corrected chi connectivity index (χ0v) is 16.8. The molecule has 1 fully saturated rings. The first kappa shape index (κ1) is 19.7. The van der Waals surface area contributed by atoms with Crippen LogP contribution in [0.3, 0.4) is 0 Å². The lowest BCUT2D eigenvalue weighted by Gasteiger charge is -2.25. The smallest absolute Gasteiger partial charge is 0.300 e. The van der Waals surface area contributed by atoms with E-state index in [1.165, 1.54) is 12.0 Å². The van der Waals surface area contributed by atoms with Crippen LogP contribution in [-0.2, 0) is 9.59 Å². The lowest BCUT2D eigenvalue weighted by molar-refractivity contribution is -0.132. The van der Waals surface area contributed by atoms with Crippen LogP contribution in [0.15, 0.2) is 84.4 Å². The molecule has 4 rings (SSSR count). The Balaban J connectivity index is 1.94. The van der Waals surface area contributed by atoms with Gasteiger partial charge in [-0.3, -0.25) is 14.5 Å². The number of amides is 1. The molecule has 6 heteroatoms. The number of anilines is 1. The number of hydrogen-bond donors (Lipinski definition) is 1. The SMILES string of the molecule is COc1cccc(N2C(=O)C(=O)/C(=C(/O)c3ccccc3)[C@@H]2c2ccc(Cl)cc2)c1. The summed E-state index contributed by atoms with van der Waals surface area (Å²) in [6.07, 6.45) is 0. The van der Waals surface area contributed by atoms with Crippen LogP contribution < -0.4 is 9.64 Å². The number of aliphatic hydroxyl groups is 1. The highest BCUT2D eigenvalue weighted by molar-refractivity contribution is 6.51. The molecule has 0 saturated carbocycles. The molecule has 3 aromatic carbocycles. The number of aliphatic hydroxyl groups excluding tert-OH is 1. The molecule has 30 heavy (non-hydrogen) atoms. The van der Waals surface area contributed by atoms with E-state index >= 15 is 0 Å². The minimum absolute atomic E-state index is 0.0244. The number of methoxy groups -OCH3 is 1. The van der Waals surface area contributed by atoms with Crippen molar-refractivity contribution in [3.63, 3.8) is 0 Å². The first-order valence-corrected chi connectivity index (χ1v) is 9.65. The summed E-state index contributed by atoms with van der Waals surface area (Å²) in [4.78, 5) is 27.5. The maximum atomic E-state index is 13.1. The Morgan fingerprint density at radius 3 is 2.33 bits per heavy atom. The monoisotopic (exact) mass is 419 g/mol. The lowest BCUT2D eigenvalue weighted by atomic mass is 9.95. The van der Waals surface area contributed by atoms with Gasteiger partial charge in [0.15, 0.2) is 0 Å². The van der Waals surface area contributed by atoms with E-state index in [-0.39, 0.29) is 11.3 Å². The molecular formula is C24H18ClNO4. The van der Waals surface area contributed by atoms with Crippen LogP contribution in [0.5, 0.6) is 5.75 Å². The Hall–Kier alpha value is -3.57. The minimum Gasteiger partial charge on any atom is -0.507 e. The molecule has 1 amide bonds. The van der Waals surface area contributed by atoms with Crippen molar-refractivity contribution in [3.8, 4) is 5.75 Å². The van der Waals surface area contributed by atoms with Gasteiger partial charge in [0.05, 0.1) is 18.7 Å². The van der Waals surface area contributed by atoms with Gasteiger partial charge in [-0.15, -0.1) is 0 Å². The summed E-state index contributed by atoms with van der Waals surface area (Å²) in [6, 6.07) is 21.6. The van der Waals surface area contributed by atoms with Gasteiger partial charge in [-0.2, -0.15) is 0 Å². The number of benzene rings is 3. The summed E-state index contributed by atoms with van der Waals surface area (Å²) >= 11 is 6.04. The lowest BCUT2D eigenvalue weighted by Crippen LogP contribution is -2.29. The van der Waals surface area contributed by atoms with E-state index in [1.54, 1.807) is 72.8 Å². The van der Waals surface area contributed by atoms with Crippen molar-refractivity contribution in [2.45, 2.75) is 6.04 Å². The van der Waals surface area contributed by atoms with Crippen LogP contribution in [0, 0.1) is 0 Å².